The van der Waals surface area contributed by atoms with Crippen molar-refractivity contribution in [3.8, 4) is 10.6 Å². The third kappa shape index (κ3) is 4.23. The number of nitrogens with zero attached hydrogens (tertiary/aromatic N) is 2. The van der Waals surface area contributed by atoms with E-state index in [0.717, 1.165) is 17.4 Å². The van der Waals surface area contributed by atoms with E-state index in [1.165, 1.54) is 12.1 Å². The molecule has 0 saturated heterocycles. The molecule has 2 aromatic rings. The number of nitrogens with one attached hydrogen (secondary N) is 1. The second kappa shape index (κ2) is 6.97. The van der Waals surface area contributed by atoms with E-state index in [0.29, 0.717) is 24.7 Å². The largest absolute Gasteiger partial charge is 0.417 e. The molecule has 0 atom stereocenters. The lowest BCUT2D eigenvalue weighted by atomic mass is 10.1. The Morgan fingerprint density at radius 3 is 2.71 bits per heavy atom. The lowest BCUT2D eigenvalue weighted by Gasteiger charge is -2.09. The average Bonchev–Trinajstić information content (AvgIpc) is 2.91. The first-order valence-corrected chi connectivity index (χ1v) is 7.02. The van der Waals surface area contributed by atoms with Gasteiger partial charge in [-0.2, -0.15) is 13.2 Å². The number of hydrogen-bond acceptors (Lipinski definition) is 5. The number of hydrogen-bond donors (Lipinski definition) is 1. The number of methoxy groups -OCH3 is 1. The van der Waals surface area contributed by atoms with E-state index in [2.05, 4.69) is 15.5 Å². The van der Waals surface area contributed by atoms with Crippen LogP contribution in [0.15, 0.2) is 24.3 Å². The fourth-order valence-electron chi connectivity index (χ4n) is 1.72. The highest BCUT2D eigenvalue weighted by Gasteiger charge is 2.34. The molecule has 0 spiro atoms. The van der Waals surface area contributed by atoms with Crippen molar-refractivity contribution in [1.29, 1.82) is 0 Å². The van der Waals surface area contributed by atoms with Gasteiger partial charge in [-0.3, -0.25) is 0 Å². The molecule has 2 rings (SSSR count). The minimum atomic E-state index is -4.40. The number of aromatic nitrogens is 2. The molecule has 0 fully saturated rings. The van der Waals surface area contributed by atoms with Crippen LogP contribution in [0.25, 0.3) is 10.6 Å². The second-order valence-corrected chi connectivity index (χ2v) is 5.28. The van der Waals surface area contributed by atoms with Gasteiger partial charge in [-0.15, -0.1) is 10.2 Å². The van der Waals surface area contributed by atoms with E-state index in [1.807, 2.05) is 0 Å². The molecule has 1 N–H and O–H groups in total. The Morgan fingerprint density at radius 1 is 1.24 bits per heavy atom. The van der Waals surface area contributed by atoms with Gasteiger partial charge in [0.15, 0.2) is 0 Å². The Labute approximate surface area is 124 Å². The second-order valence-electron chi connectivity index (χ2n) is 4.21. The lowest BCUT2D eigenvalue weighted by molar-refractivity contribution is -0.137. The van der Waals surface area contributed by atoms with Crippen molar-refractivity contribution in [2.24, 2.45) is 0 Å². The van der Waals surface area contributed by atoms with Gasteiger partial charge in [0.2, 0.25) is 0 Å². The quantitative estimate of drug-likeness (QED) is 0.832. The molecule has 1 aromatic heterocycles. The maximum absolute atomic E-state index is 13.0. The minimum absolute atomic E-state index is 0.0608. The standard InChI is InChI=1S/C13H14F3N3OS/c1-20-7-6-17-8-11-18-19-12(21-11)9-4-2-3-5-10(9)13(14,15)16/h2-5,17H,6-8H2,1H3. The average molecular weight is 317 g/mol. The molecule has 1 heterocycles. The Balaban J connectivity index is 2.15. The molecule has 0 aliphatic carbocycles. The Morgan fingerprint density at radius 2 is 2.00 bits per heavy atom. The highest BCUT2D eigenvalue weighted by Crippen LogP contribution is 2.37. The van der Waals surface area contributed by atoms with E-state index in [9.17, 15) is 13.2 Å². The van der Waals surface area contributed by atoms with E-state index in [4.69, 9.17) is 4.74 Å². The number of ether oxygens (including phenoxy) is 1. The number of alkyl halides is 3. The number of halogens is 3. The van der Waals surface area contributed by atoms with Crippen LogP contribution in [0.2, 0.25) is 0 Å². The molecule has 8 heteroatoms. The molecule has 0 radical (unpaired) electrons. The smallest absolute Gasteiger partial charge is 0.383 e. The van der Waals surface area contributed by atoms with Crippen LogP contribution in [0.1, 0.15) is 10.6 Å². The first-order chi connectivity index (χ1) is 10.0. The molecule has 0 aliphatic heterocycles. The van der Waals surface area contributed by atoms with Gasteiger partial charge in [-0.25, -0.2) is 0 Å². The SMILES string of the molecule is COCCNCc1nnc(-c2ccccc2C(F)(F)F)s1. The monoisotopic (exact) mass is 317 g/mol. The van der Waals surface area contributed by atoms with Gasteiger partial charge in [-0.1, -0.05) is 29.5 Å². The fourth-order valence-corrected chi connectivity index (χ4v) is 2.57. The molecule has 21 heavy (non-hydrogen) atoms. The summed E-state index contributed by atoms with van der Waals surface area (Å²) >= 11 is 1.15. The summed E-state index contributed by atoms with van der Waals surface area (Å²) in [6.45, 7) is 1.66. The van der Waals surface area contributed by atoms with Gasteiger partial charge in [0.25, 0.3) is 0 Å². The van der Waals surface area contributed by atoms with Crippen LogP contribution in [-0.2, 0) is 17.5 Å². The number of benzene rings is 1. The Bertz CT molecular complexity index is 586. The Hall–Kier alpha value is -1.51. The summed E-state index contributed by atoms with van der Waals surface area (Å²) in [6.07, 6.45) is -4.40. The normalized spacial score (nSPS) is 11.8. The zero-order valence-corrected chi connectivity index (χ0v) is 12.1. The summed E-state index contributed by atoms with van der Waals surface area (Å²) in [4.78, 5) is 0. The first kappa shape index (κ1) is 15.9. The summed E-state index contributed by atoms with van der Waals surface area (Å²) in [5.74, 6) is 0. The predicted molar refractivity (Wildman–Crippen MR) is 73.9 cm³/mol. The van der Waals surface area contributed by atoms with Crippen LogP contribution < -0.4 is 5.32 Å². The zero-order valence-electron chi connectivity index (χ0n) is 11.3. The third-order valence-corrected chi connectivity index (χ3v) is 3.65. The highest BCUT2D eigenvalue weighted by molar-refractivity contribution is 7.14. The summed E-state index contributed by atoms with van der Waals surface area (Å²) in [6, 6.07) is 5.38. The van der Waals surface area contributed by atoms with Crippen molar-refractivity contribution in [3.05, 3.63) is 34.8 Å². The first-order valence-electron chi connectivity index (χ1n) is 6.21. The van der Waals surface area contributed by atoms with Crippen LogP contribution in [0.5, 0.6) is 0 Å². The van der Waals surface area contributed by atoms with Crippen LogP contribution in [-0.4, -0.2) is 30.5 Å². The van der Waals surface area contributed by atoms with Crippen LogP contribution in [0.3, 0.4) is 0 Å². The molecule has 114 valence electrons. The maximum atomic E-state index is 13.0. The predicted octanol–water partition coefficient (Wildman–Crippen LogP) is 2.96. The summed E-state index contributed by atoms with van der Waals surface area (Å²) in [7, 11) is 1.60. The third-order valence-electron chi connectivity index (χ3n) is 2.69. The molecule has 0 amide bonds. The van der Waals surface area contributed by atoms with Crippen molar-refractivity contribution in [2.45, 2.75) is 12.7 Å². The minimum Gasteiger partial charge on any atom is -0.383 e. The van der Waals surface area contributed by atoms with Crippen LogP contribution in [0.4, 0.5) is 13.2 Å². The molecule has 4 nitrogen and oxygen atoms in total. The van der Waals surface area contributed by atoms with Crippen LogP contribution in [0, 0.1) is 0 Å². The molecule has 0 aliphatic rings. The van der Waals surface area contributed by atoms with Crippen molar-refractivity contribution in [3.63, 3.8) is 0 Å². The molecule has 0 bridgehead atoms. The topological polar surface area (TPSA) is 47.0 Å². The molecule has 1 aromatic carbocycles. The fraction of sp³-hybridized carbons (Fsp3) is 0.385. The molecular weight excluding hydrogens is 303 g/mol. The van der Waals surface area contributed by atoms with Gasteiger partial charge in [-0.05, 0) is 6.07 Å². The summed E-state index contributed by atoms with van der Waals surface area (Å²) in [5, 5.41) is 11.7. The van der Waals surface area contributed by atoms with E-state index in [1.54, 1.807) is 13.2 Å². The van der Waals surface area contributed by atoms with Crippen LogP contribution >= 0.6 is 11.3 Å². The van der Waals surface area contributed by atoms with Crippen molar-refractivity contribution in [2.75, 3.05) is 20.3 Å². The zero-order chi connectivity index (χ0) is 15.3. The molecule has 0 saturated carbocycles. The van der Waals surface area contributed by atoms with Gasteiger partial charge < -0.3 is 10.1 Å². The van der Waals surface area contributed by atoms with E-state index in [-0.39, 0.29) is 10.6 Å². The van der Waals surface area contributed by atoms with E-state index >= 15 is 0 Å². The molecular formula is C13H14F3N3OS. The van der Waals surface area contributed by atoms with E-state index < -0.39 is 11.7 Å². The lowest BCUT2D eigenvalue weighted by Crippen LogP contribution is -2.18. The summed E-state index contributed by atoms with van der Waals surface area (Å²) in [5.41, 5.74) is -0.634. The summed E-state index contributed by atoms with van der Waals surface area (Å²) < 4.78 is 43.8. The highest BCUT2D eigenvalue weighted by atomic mass is 32.1. The van der Waals surface area contributed by atoms with Crippen molar-refractivity contribution >= 4 is 11.3 Å². The Kier molecular flexibility index (Phi) is 5.27. The van der Waals surface area contributed by atoms with Gasteiger partial charge in [0.1, 0.15) is 10.0 Å². The van der Waals surface area contributed by atoms with Crippen molar-refractivity contribution in [1.82, 2.24) is 15.5 Å². The van der Waals surface area contributed by atoms with Gasteiger partial charge >= 0.3 is 6.18 Å². The van der Waals surface area contributed by atoms with Gasteiger partial charge in [0, 0.05) is 25.8 Å². The molecule has 0 unspecified atom stereocenters. The number of rotatable bonds is 6. The van der Waals surface area contributed by atoms with Crippen molar-refractivity contribution < 1.29 is 17.9 Å². The maximum Gasteiger partial charge on any atom is 0.417 e. The van der Waals surface area contributed by atoms with Gasteiger partial charge in [0.05, 0.1) is 12.2 Å².